The molecule has 0 saturated carbocycles. The molecule has 5 heteroatoms. The molecule has 1 rings (SSSR count). The van der Waals surface area contributed by atoms with E-state index in [1.807, 2.05) is 30.3 Å². The minimum absolute atomic E-state index is 0.0320. The highest BCUT2D eigenvalue weighted by Gasteiger charge is 2.11. The Morgan fingerprint density at radius 3 is 2.53 bits per heavy atom. The molecular weight excluding hydrogens is 242 g/mol. The maximum Gasteiger partial charge on any atom is 0.221 e. The molecule has 104 valence electrons. The number of hydrogen-bond donors (Lipinski definition) is 2. The minimum atomic E-state index is -0.0789. The van der Waals surface area contributed by atoms with Crippen molar-refractivity contribution in [2.75, 3.05) is 19.6 Å². The third kappa shape index (κ3) is 6.01. The third-order valence-electron chi connectivity index (χ3n) is 2.74. The Hall–Kier alpha value is -1.88. The van der Waals surface area contributed by atoms with E-state index in [9.17, 15) is 9.59 Å². The van der Waals surface area contributed by atoms with Crippen LogP contribution in [0.3, 0.4) is 0 Å². The van der Waals surface area contributed by atoms with E-state index < -0.39 is 0 Å². The van der Waals surface area contributed by atoms with Gasteiger partial charge in [-0.2, -0.15) is 0 Å². The normalized spacial score (nSPS) is 10.0. The largest absolute Gasteiger partial charge is 0.355 e. The first-order chi connectivity index (χ1) is 9.13. The maximum atomic E-state index is 11.5. The first kappa shape index (κ1) is 15.2. The highest BCUT2D eigenvalue weighted by molar-refractivity contribution is 5.78. The molecule has 2 amide bonds. The lowest BCUT2D eigenvalue weighted by atomic mass is 10.2. The molecule has 0 spiro atoms. The lowest BCUT2D eigenvalue weighted by Crippen LogP contribution is -2.35. The van der Waals surface area contributed by atoms with Crippen LogP contribution in [0.25, 0.3) is 0 Å². The molecular formula is C14H21N3O2. The van der Waals surface area contributed by atoms with Gasteiger partial charge in [-0.15, -0.1) is 0 Å². The summed E-state index contributed by atoms with van der Waals surface area (Å²) in [5.41, 5.74) is 6.36. The minimum Gasteiger partial charge on any atom is -0.355 e. The number of nitrogens with two attached hydrogens (primary N) is 1. The first-order valence-electron chi connectivity index (χ1n) is 6.39. The number of carbonyl (C=O) groups excluding carboxylic acids is 2. The van der Waals surface area contributed by atoms with Crippen molar-refractivity contribution in [1.82, 2.24) is 10.2 Å². The predicted octanol–water partition coefficient (Wildman–Crippen LogP) is 0.500. The number of nitrogens with one attached hydrogen (secondary N) is 1. The predicted molar refractivity (Wildman–Crippen MR) is 74.2 cm³/mol. The molecule has 0 unspecified atom stereocenters. The Morgan fingerprint density at radius 2 is 1.95 bits per heavy atom. The quantitative estimate of drug-likeness (QED) is 0.752. The standard InChI is InChI=1S/C14H21N3O2/c1-12(18)17(10-7-14(19)16-9-8-15)11-13-5-3-2-4-6-13/h2-6H,7-11,15H2,1H3,(H,16,19). The van der Waals surface area contributed by atoms with E-state index in [1.54, 1.807) is 4.90 Å². The summed E-state index contributed by atoms with van der Waals surface area (Å²) >= 11 is 0. The summed E-state index contributed by atoms with van der Waals surface area (Å²) in [6.45, 7) is 3.35. The summed E-state index contributed by atoms with van der Waals surface area (Å²) in [5.74, 6) is -0.111. The van der Waals surface area contributed by atoms with Gasteiger partial charge in [0.05, 0.1) is 0 Å². The molecule has 19 heavy (non-hydrogen) atoms. The second kappa shape index (κ2) is 8.26. The van der Waals surface area contributed by atoms with Gasteiger partial charge < -0.3 is 16.0 Å². The number of rotatable bonds is 7. The molecule has 1 aromatic rings. The Morgan fingerprint density at radius 1 is 1.26 bits per heavy atom. The Labute approximate surface area is 113 Å². The Kier molecular flexibility index (Phi) is 6.60. The average molecular weight is 263 g/mol. The number of amides is 2. The van der Waals surface area contributed by atoms with Gasteiger partial charge in [-0.25, -0.2) is 0 Å². The summed E-state index contributed by atoms with van der Waals surface area (Å²) in [4.78, 5) is 24.7. The third-order valence-corrected chi connectivity index (χ3v) is 2.74. The molecule has 0 aliphatic heterocycles. The molecule has 0 fully saturated rings. The van der Waals surface area contributed by atoms with Crippen LogP contribution in [0, 0.1) is 0 Å². The zero-order valence-corrected chi connectivity index (χ0v) is 11.3. The highest BCUT2D eigenvalue weighted by atomic mass is 16.2. The zero-order chi connectivity index (χ0) is 14.1. The molecule has 0 aliphatic rings. The van der Waals surface area contributed by atoms with Crippen molar-refractivity contribution < 1.29 is 9.59 Å². The average Bonchev–Trinajstić information content (AvgIpc) is 2.41. The zero-order valence-electron chi connectivity index (χ0n) is 11.3. The second-order valence-corrected chi connectivity index (χ2v) is 4.31. The summed E-state index contributed by atoms with van der Waals surface area (Å²) in [6.07, 6.45) is 0.298. The van der Waals surface area contributed by atoms with Gasteiger partial charge in [-0.05, 0) is 5.56 Å². The van der Waals surface area contributed by atoms with Crippen LogP contribution in [0.4, 0.5) is 0 Å². The molecule has 0 aromatic heterocycles. The molecule has 0 radical (unpaired) electrons. The van der Waals surface area contributed by atoms with Gasteiger partial charge in [0.25, 0.3) is 0 Å². The van der Waals surface area contributed by atoms with Crippen molar-refractivity contribution in [1.29, 1.82) is 0 Å². The van der Waals surface area contributed by atoms with Crippen LogP contribution in [0.2, 0.25) is 0 Å². The van der Waals surface area contributed by atoms with Gasteiger partial charge >= 0.3 is 0 Å². The lowest BCUT2D eigenvalue weighted by Gasteiger charge is -2.20. The highest BCUT2D eigenvalue weighted by Crippen LogP contribution is 2.05. The molecule has 5 nitrogen and oxygen atoms in total. The molecule has 1 aromatic carbocycles. The SMILES string of the molecule is CC(=O)N(CCC(=O)NCCN)Cc1ccccc1. The van der Waals surface area contributed by atoms with Crippen molar-refractivity contribution in [3.8, 4) is 0 Å². The van der Waals surface area contributed by atoms with Crippen molar-refractivity contribution in [2.24, 2.45) is 5.73 Å². The van der Waals surface area contributed by atoms with Gasteiger partial charge in [-0.3, -0.25) is 9.59 Å². The molecule has 0 saturated heterocycles. The van der Waals surface area contributed by atoms with Crippen LogP contribution in [0.1, 0.15) is 18.9 Å². The fourth-order valence-corrected chi connectivity index (χ4v) is 1.69. The summed E-state index contributed by atoms with van der Waals surface area (Å²) in [5, 5.41) is 2.69. The Balaban J connectivity index is 2.45. The van der Waals surface area contributed by atoms with Crippen molar-refractivity contribution in [3.63, 3.8) is 0 Å². The van der Waals surface area contributed by atoms with Gasteiger partial charge in [0.15, 0.2) is 0 Å². The second-order valence-electron chi connectivity index (χ2n) is 4.31. The first-order valence-corrected chi connectivity index (χ1v) is 6.39. The molecule has 3 N–H and O–H groups in total. The van der Waals surface area contributed by atoms with Gasteiger partial charge in [0, 0.05) is 39.5 Å². The monoisotopic (exact) mass is 263 g/mol. The summed E-state index contributed by atoms with van der Waals surface area (Å²) in [7, 11) is 0. The fourth-order valence-electron chi connectivity index (χ4n) is 1.69. The van der Waals surface area contributed by atoms with Crippen molar-refractivity contribution >= 4 is 11.8 Å². The van der Waals surface area contributed by atoms with E-state index in [2.05, 4.69) is 5.32 Å². The fraction of sp³-hybridized carbons (Fsp3) is 0.429. The van der Waals surface area contributed by atoms with Gasteiger partial charge in [0.2, 0.25) is 11.8 Å². The van der Waals surface area contributed by atoms with Crippen molar-refractivity contribution in [3.05, 3.63) is 35.9 Å². The van der Waals surface area contributed by atoms with Gasteiger partial charge in [0.1, 0.15) is 0 Å². The van der Waals surface area contributed by atoms with E-state index in [4.69, 9.17) is 5.73 Å². The molecule has 0 atom stereocenters. The maximum absolute atomic E-state index is 11.5. The van der Waals surface area contributed by atoms with Crippen LogP contribution in [-0.4, -0.2) is 36.3 Å². The van der Waals surface area contributed by atoms with Crippen molar-refractivity contribution in [2.45, 2.75) is 19.9 Å². The smallest absolute Gasteiger partial charge is 0.221 e. The lowest BCUT2D eigenvalue weighted by molar-refractivity contribution is -0.130. The molecule has 0 bridgehead atoms. The molecule has 0 aliphatic carbocycles. The van der Waals surface area contributed by atoms with Crippen LogP contribution in [0.15, 0.2) is 30.3 Å². The van der Waals surface area contributed by atoms with Gasteiger partial charge in [-0.1, -0.05) is 30.3 Å². The number of carbonyl (C=O) groups is 2. The van der Waals surface area contributed by atoms with E-state index in [0.717, 1.165) is 5.56 Å². The van der Waals surface area contributed by atoms with E-state index in [1.165, 1.54) is 6.92 Å². The van der Waals surface area contributed by atoms with E-state index in [-0.39, 0.29) is 11.8 Å². The number of benzene rings is 1. The van der Waals surface area contributed by atoms with Crippen LogP contribution in [0.5, 0.6) is 0 Å². The van der Waals surface area contributed by atoms with Crippen LogP contribution >= 0.6 is 0 Å². The Bertz CT molecular complexity index is 406. The molecule has 0 heterocycles. The number of nitrogens with zero attached hydrogens (tertiary/aromatic N) is 1. The summed E-state index contributed by atoms with van der Waals surface area (Å²) < 4.78 is 0. The van der Waals surface area contributed by atoms with Crippen LogP contribution in [-0.2, 0) is 16.1 Å². The summed E-state index contributed by atoms with van der Waals surface area (Å²) in [6, 6.07) is 9.72. The number of hydrogen-bond acceptors (Lipinski definition) is 3. The topological polar surface area (TPSA) is 75.4 Å². The van der Waals surface area contributed by atoms with Crippen LogP contribution < -0.4 is 11.1 Å². The van der Waals surface area contributed by atoms with E-state index >= 15 is 0 Å². The van der Waals surface area contributed by atoms with E-state index in [0.29, 0.717) is 32.6 Å².